The molecule has 3 unspecified atom stereocenters. The maximum absolute atomic E-state index is 12.0. The molecule has 0 aliphatic carbocycles. The van der Waals surface area contributed by atoms with Gasteiger partial charge in [0.2, 0.25) is 0 Å². The van der Waals surface area contributed by atoms with Gasteiger partial charge in [-0.05, 0) is 38.2 Å². The molecule has 0 aromatic carbocycles. The predicted molar refractivity (Wildman–Crippen MR) is 83.0 cm³/mol. The van der Waals surface area contributed by atoms with E-state index in [1.165, 1.54) is 7.11 Å². The van der Waals surface area contributed by atoms with Crippen molar-refractivity contribution in [1.29, 1.82) is 0 Å². The molecule has 0 saturated carbocycles. The Balaban J connectivity index is 1.85. The normalized spacial score (nSPS) is 28.6. The maximum atomic E-state index is 12.0. The summed E-state index contributed by atoms with van der Waals surface area (Å²) >= 11 is 0. The van der Waals surface area contributed by atoms with Gasteiger partial charge in [0, 0.05) is 31.0 Å². The summed E-state index contributed by atoms with van der Waals surface area (Å²) < 4.78 is 12.7. The van der Waals surface area contributed by atoms with Crippen molar-refractivity contribution in [3.8, 4) is 0 Å². The number of amides is 1. The summed E-state index contributed by atoms with van der Waals surface area (Å²) in [6.07, 6.45) is 6.32. The first-order valence-electron chi connectivity index (χ1n) is 8.36. The smallest absolute Gasteiger partial charge is 0.409 e. The molecule has 23 heavy (non-hydrogen) atoms. The molecule has 7 nitrogen and oxygen atoms in total. The molecule has 1 aromatic heterocycles. The molecule has 128 valence electrons. The number of aromatic nitrogens is 2. The zero-order valence-electron chi connectivity index (χ0n) is 13.6. The Morgan fingerprint density at radius 1 is 1.43 bits per heavy atom. The van der Waals surface area contributed by atoms with Crippen LogP contribution in [0, 0.1) is 0 Å². The van der Waals surface area contributed by atoms with Crippen molar-refractivity contribution >= 4 is 6.09 Å². The Bertz CT molecular complexity index is 527. The predicted octanol–water partition coefficient (Wildman–Crippen LogP) is 1.89. The molecule has 0 bridgehead atoms. The summed E-state index contributed by atoms with van der Waals surface area (Å²) in [4.78, 5) is 13.6. The van der Waals surface area contributed by atoms with Gasteiger partial charge in [-0.3, -0.25) is 0 Å². The Morgan fingerprint density at radius 3 is 3.00 bits per heavy atom. The van der Waals surface area contributed by atoms with Gasteiger partial charge in [-0.1, -0.05) is 0 Å². The quantitative estimate of drug-likeness (QED) is 0.919. The van der Waals surface area contributed by atoms with Crippen LogP contribution >= 0.6 is 0 Å². The van der Waals surface area contributed by atoms with Crippen molar-refractivity contribution in [2.24, 2.45) is 0 Å². The van der Waals surface area contributed by atoms with E-state index in [0.717, 1.165) is 44.4 Å². The number of methoxy groups -OCH3 is 1. The van der Waals surface area contributed by atoms with Gasteiger partial charge < -0.3 is 19.5 Å². The number of carbonyl (C=O) groups is 1. The standard InChI is InChI=1S/C16H25N3O4/c1-22-16(21)18-9-4-5-12(14(18)11-20)13-7-8-17-19(13)15-6-2-3-10-23-15/h7-8,12,14-15,20H,2-6,9-11H2,1H3. The van der Waals surface area contributed by atoms with E-state index in [0.29, 0.717) is 6.54 Å². The van der Waals surface area contributed by atoms with Crippen LogP contribution in [0.3, 0.4) is 0 Å². The van der Waals surface area contributed by atoms with E-state index in [4.69, 9.17) is 9.47 Å². The molecular formula is C16H25N3O4. The minimum Gasteiger partial charge on any atom is -0.453 e. The molecule has 2 aliphatic rings. The first-order chi connectivity index (χ1) is 11.3. The highest BCUT2D eigenvalue weighted by Gasteiger charge is 2.37. The van der Waals surface area contributed by atoms with Crippen LogP contribution in [-0.4, -0.2) is 58.8 Å². The average Bonchev–Trinajstić information content (AvgIpc) is 3.10. The van der Waals surface area contributed by atoms with Crippen LogP contribution in [0.15, 0.2) is 12.3 Å². The van der Waals surface area contributed by atoms with Crippen molar-refractivity contribution < 1.29 is 19.4 Å². The Labute approximate surface area is 136 Å². The lowest BCUT2D eigenvalue weighted by Gasteiger charge is -2.40. The fraction of sp³-hybridized carbons (Fsp3) is 0.750. The highest BCUT2D eigenvalue weighted by atomic mass is 16.5. The summed E-state index contributed by atoms with van der Waals surface area (Å²) in [6, 6.07) is 1.70. The van der Waals surface area contributed by atoms with Gasteiger partial charge >= 0.3 is 6.09 Å². The van der Waals surface area contributed by atoms with Gasteiger partial charge in [-0.2, -0.15) is 5.10 Å². The summed E-state index contributed by atoms with van der Waals surface area (Å²) in [5.41, 5.74) is 1.03. The molecule has 3 heterocycles. The molecule has 1 N–H and O–H groups in total. The monoisotopic (exact) mass is 323 g/mol. The minimum absolute atomic E-state index is 0.0402. The SMILES string of the molecule is COC(=O)N1CCCC(c2ccnn2C2CCCCO2)C1CO. The second kappa shape index (κ2) is 7.31. The van der Waals surface area contributed by atoms with Crippen molar-refractivity contribution in [1.82, 2.24) is 14.7 Å². The number of carbonyl (C=O) groups excluding carboxylic acids is 1. The number of aliphatic hydroxyl groups excluding tert-OH is 1. The van der Waals surface area contributed by atoms with E-state index in [2.05, 4.69) is 5.10 Å². The molecule has 7 heteroatoms. The molecule has 2 aliphatic heterocycles. The highest BCUT2D eigenvalue weighted by molar-refractivity contribution is 5.68. The van der Waals surface area contributed by atoms with Gasteiger partial charge in [-0.25, -0.2) is 9.48 Å². The van der Waals surface area contributed by atoms with Crippen molar-refractivity contribution in [2.75, 3.05) is 26.9 Å². The molecule has 2 fully saturated rings. The molecular weight excluding hydrogens is 298 g/mol. The van der Waals surface area contributed by atoms with Gasteiger partial charge in [0.1, 0.15) is 6.23 Å². The molecule has 0 radical (unpaired) electrons. The number of piperidine rings is 1. The van der Waals surface area contributed by atoms with E-state index in [1.54, 1.807) is 11.1 Å². The maximum Gasteiger partial charge on any atom is 0.409 e. The second-order valence-corrected chi connectivity index (χ2v) is 6.18. The van der Waals surface area contributed by atoms with Crippen molar-refractivity contribution in [3.05, 3.63) is 18.0 Å². The van der Waals surface area contributed by atoms with Gasteiger partial charge in [0.05, 0.1) is 19.8 Å². The zero-order chi connectivity index (χ0) is 16.2. The molecule has 3 rings (SSSR count). The number of rotatable bonds is 3. The Morgan fingerprint density at radius 2 is 2.30 bits per heavy atom. The van der Waals surface area contributed by atoms with E-state index in [-0.39, 0.29) is 30.9 Å². The number of hydrogen-bond donors (Lipinski definition) is 1. The molecule has 2 saturated heterocycles. The fourth-order valence-electron chi connectivity index (χ4n) is 3.75. The second-order valence-electron chi connectivity index (χ2n) is 6.18. The number of aliphatic hydroxyl groups is 1. The van der Waals surface area contributed by atoms with Crippen LogP contribution in [-0.2, 0) is 9.47 Å². The number of nitrogens with zero attached hydrogens (tertiary/aromatic N) is 3. The summed E-state index contributed by atoms with van der Waals surface area (Å²) in [5.74, 6) is 0.0425. The molecule has 1 aromatic rings. The first kappa shape index (κ1) is 16.3. The number of ether oxygens (including phenoxy) is 2. The van der Waals surface area contributed by atoms with Crippen LogP contribution in [0.1, 0.15) is 49.9 Å². The van der Waals surface area contributed by atoms with Gasteiger partial charge in [0.25, 0.3) is 0 Å². The lowest BCUT2D eigenvalue weighted by molar-refractivity contribution is -0.0433. The number of likely N-dealkylation sites (tertiary alicyclic amines) is 1. The highest BCUT2D eigenvalue weighted by Crippen LogP contribution is 2.35. The number of hydrogen-bond acceptors (Lipinski definition) is 5. The van der Waals surface area contributed by atoms with Crippen LogP contribution in [0.2, 0.25) is 0 Å². The third kappa shape index (κ3) is 3.21. The third-order valence-corrected chi connectivity index (χ3v) is 4.88. The van der Waals surface area contributed by atoms with E-state index in [9.17, 15) is 9.90 Å². The van der Waals surface area contributed by atoms with Crippen LogP contribution in [0.5, 0.6) is 0 Å². The summed E-state index contributed by atoms with van der Waals surface area (Å²) in [6.45, 7) is 1.28. The van der Waals surface area contributed by atoms with Crippen LogP contribution in [0.4, 0.5) is 4.79 Å². The minimum atomic E-state index is -0.381. The van der Waals surface area contributed by atoms with E-state index < -0.39 is 0 Å². The van der Waals surface area contributed by atoms with Gasteiger partial charge in [0.15, 0.2) is 0 Å². The van der Waals surface area contributed by atoms with Crippen molar-refractivity contribution in [3.63, 3.8) is 0 Å². The molecule has 1 amide bonds. The Hall–Kier alpha value is -1.60. The van der Waals surface area contributed by atoms with Crippen LogP contribution < -0.4 is 0 Å². The fourth-order valence-corrected chi connectivity index (χ4v) is 3.75. The molecule has 0 spiro atoms. The first-order valence-corrected chi connectivity index (χ1v) is 8.36. The van der Waals surface area contributed by atoms with E-state index in [1.807, 2.05) is 10.7 Å². The largest absolute Gasteiger partial charge is 0.453 e. The zero-order valence-corrected chi connectivity index (χ0v) is 13.6. The van der Waals surface area contributed by atoms with Crippen molar-refractivity contribution in [2.45, 2.75) is 50.3 Å². The molecule has 3 atom stereocenters. The van der Waals surface area contributed by atoms with Crippen LogP contribution in [0.25, 0.3) is 0 Å². The van der Waals surface area contributed by atoms with Gasteiger partial charge in [-0.15, -0.1) is 0 Å². The Kier molecular flexibility index (Phi) is 5.17. The topological polar surface area (TPSA) is 76.8 Å². The lowest BCUT2D eigenvalue weighted by atomic mass is 9.87. The summed E-state index contributed by atoms with van der Waals surface area (Å²) in [5, 5.41) is 14.3. The summed E-state index contributed by atoms with van der Waals surface area (Å²) in [7, 11) is 1.38. The lowest BCUT2D eigenvalue weighted by Crippen LogP contribution is -2.50. The third-order valence-electron chi connectivity index (χ3n) is 4.88. The average molecular weight is 323 g/mol. The van der Waals surface area contributed by atoms with E-state index >= 15 is 0 Å².